The molecule has 0 aromatic heterocycles. The molecule has 0 aliphatic heterocycles. The number of allylic oxidation sites excluding steroid dienone is 6. The van der Waals surface area contributed by atoms with Gasteiger partial charge in [0.2, 0.25) is 0 Å². The summed E-state index contributed by atoms with van der Waals surface area (Å²) in [5.74, 6) is 0.0392. The molecule has 2 saturated carbocycles. The highest BCUT2D eigenvalue weighted by Crippen LogP contribution is 2.51. The van der Waals surface area contributed by atoms with Crippen LogP contribution in [0.25, 0.3) is 0 Å². The fourth-order valence-electron chi connectivity index (χ4n) is 3.30. The Hall–Kier alpha value is -1.90. The Morgan fingerprint density at radius 3 is 2.89 bits per heavy atom. The van der Waals surface area contributed by atoms with Gasteiger partial charge in [-0.3, -0.25) is 9.59 Å². The summed E-state index contributed by atoms with van der Waals surface area (Å²) in [6.07, 6.45) is 9.29. The molecule has 3 nitrogen and oxygen atoms in total. The number of carbonyl (C=O) groups excluding carboxylic acids is 2. The first-order chi connectivity index (χ1) is 9.08. The molecular weight excluding hydrogens is 238 g/mol. The van der Waals surface area contributed by atoms with Crippen molar-refractivity contribution in [2.24, 2.45) is 0 Å². The van der Waals surface area contributed by atoms with Gasteiger partial charge in [0.05, 0.1) is 5.54 Å². The van der Waals surface area contributed by atoms with Crippen LogP contribution in [0.2, 0.25) is 0 Å². The van der Waals surface area contributed by atoms with E-state index in [-0.39, 0.29) is 11.7 Å². The summed E-state index contributed by atoms with van der Waals surface area (Å²) in [6, 6.07) is 0. The maximum absolute atomic E-state index is 12.4. The molecule has 1 unspecified atom stereocenters. The number of nitrogens with one attached hydrogen (secondary N) is 1. The highest BCUT2D eigenvalue weighted by molar-refractivity contribution is 6.05. The van der Waals surface area contributed by atoms with Crippen LogP contribution in [0.1, 0.15) is 32.6 Å². The molecule has 96 valence electrons. The van der Waals surface area contributed by atoms with Crippen LogP contribution in [-0.2, 0) is 9.59 Å². The van der Waals surface area contributed by atoms with Crippen molar-refractivity contribution in [3.8, 4) is 0 Å². The van der Waals surface area contributed by atoms with Crippen molar-refractivity contribution in [2.45, 2.75) is 38.1 Å². The van der Waals surface area contributed by atoms with Crippen LogP contribution in [-0.4, -0.2) is 17.2 Å². The van der Waals surface area contributed by atoms with Crippen LogP contribution in [0.4, 0.5) is 0 Å². The number of amides is 1. The predicted octanol–water partition coefficient (Wildman–Crippen LogP) is 2.12. The lowest BCUT2D eigenvalue weighted by Gasteiger charge is -2.23. The molecule has 0 bridgehead atoms. The van der Waals surface area contributed by atoms with E-state index < -0.39 is 5.54 Å². The monoisotopic (exact) mass is 253 g/mol. The maximum Gasteiger partial charge on any atom is 0.252 e. The van der Waals surface area contributed by atoms with Gasteiger partial charge in [0.15, 0.2) is 5.78 Å². The molecule has 4 aliphatic carbocycles. The van der Waals surface area contributed by atoms with Gasteiger partial charge in [0.25, 0.3) is 5.91 Å². The smallest absolute Gasteiger partial charge is 0.252 e. The van der Waals surface area contributed by atoms with Crippen LogP contribution < -0.4 is 5.32 Å². The zero-order valence-electron chi connectivity index (χ0n) is 10.9. The van der Waals surface area contributed by atoms with Gasteiger partial charge in [-0.15, -0.1) is 0 Å². The molecule has 1 amide bonds. The van der Waals surface area contributed by atoms with Gasteiger partial charge >= 0.3 is 0 Å². The predicted molar refractivity (Wildman–Crippen MR) is 71.3 cm³/mol. The fourth-order valence-corrected chi connectivity index (χ4v) is 3.30. The summed E-state index contributed by atoms with van der Waals surface area (Å²) in [7, 11) is 0. The van der Waals surface area contributed by atoms with E-state index >= 15 is 0 Å². The first kappa shape index (κ1) is 11.0. The highest BCUT2D eigenvalue weighted by atomic mass is 16.2. The van der Waals surface area contributed by atoms with E-state index in [1.165, 1.54) is 16.7 Å². The van der Waals surface area contributed by atoms with E-state index in [9.17, 15) is 9.59 Å². The van der Waals surface area contributed by atoms with Gasteiger partial charge in [0, 0.05) is 12.0 Å². The van der Waals surface area contributed by atoms with Crippen molar-refractivity contribution in [3.05, 3.63) is 46.1 Å². The van der Waals surface area contributed by atoms with Crippen molar-refractivity contribution in [3.63, 3.8) is 0 Å². The largest absolute Gasteiger partial charge is 0.340 e. The van der Waals surface area contributed by atoms with Crippen LogP contribution in [0.5, 0.6) is 0 Å². The minimum atomic E-state index is -0.664. The Morgan fingerprint density at radius 1 is 1.32 bits per heavy atom. The van der Waals surface area contributed by atoms with Crippen molar-refractivity contribution in [1.82, 2.24) is 5.32 Å². The van der Waals surface area contributed by atoms with E-state index in [4.69, 9.17) is 0 Å². The lowest BCUT2D eigenvalue weighted by molar-refractivity contribution is -0.127. The average Bonchev–Trinajstić information content (AvgIpc) is 2.69. The van der Waals surface area contributed by atoms with Gasteiger partial charge in [-0.25, -0.2) is 0 Å². The Bertz CT molecular complexity index is 660. The summed E-state index contributed by atoms with van der Waals surface area (Å²) in [5, 5.41) is 2.94. The summed E-state index contributed by atoms with van der Waals surface area (Å²) in [5.41, 5.74) is 5.05. The van der Waals surface area contributed by atoms with Crippen LogP contribution >= 0.6 is 0 Å². The summed E-state index contributed by atoms with van der Waals surface area (Å²) in [6.45, 7) is 1.84. The lowest BCUT2D eigenvalue weighted by atomic mass is 9.98. The molecule has 0 aromatic rings. The zero-order valence-corrected chi connectivity index (χ0v) is 10.9. The molecule has 0 saturated heterocycles. The number of Topliss-reactive ketones (excluding diaryl/α,β-unsaturated/α-hetero) is 1. The van der Waals surface area contributed by atoms with Gasteiger partial charge < -0.3 is 5.32 Å². The molecule has 0 heterocycles. The second-order valence-electron chi connectivity index (χ2n) is 5.96. The minimum absolute atomic E-state index is 0.113. The molecule has 1 atom stereocenters. The molecular formula is C16H15NO2. The Labute approximate surface area is 111 Å². The second-order valence-corrected chi connectivity index (χ2v) is 5.96. The van der Waals surface area contributed by atoms with Crippen molar-refractivity contribution in [2.75, 3.05) is 0 Å². The Balaban J connectivity index is 1.62. The van der Waals surface area contributed by atoms with E-state index in [1.807, 2.05) is 19.1 Å². The van der Waals surface area contributed by atoms with E-state index in [0.29, 0.717) is 12.0 Å². The van der Waals surface area contributed by atoms with Crippen molar-refractivity contribution in [1.29, 1.82) is 0 Å². The third-order valence-corrected chi connectivity index (χ3v) is 4.60. The molecule has 0 aromatic carbocycles. The average molecular weight is 253 g/mol. The second kappa shape index (κ2) is 3.35. The molecule has 19 heavy (non-hydrogen) atoms. The molecule has 0 radical (unpaired) electrons. The Kier molecular flexibility index (Phi) is 1.93. The highest BCUT2D eigenvalue weighted by Gasteiger charge is 2.40. The third-order valence-electron chi connectivity index (χ3n) is 4.60. The van der Waals surface area contributed by atoms with Gasteiger partial charge in [-0.2, -0.15) is 0 Å². The topological polar surface area (TPSA) is 46.2 Å². The van der Waals surface area contributed by atoms with Crippen LogP contribution in [0.3, 0.4) is 0 Å². The summed E-state index contributed by atoms with van der Waals surface area (Å²) < 4.78 is 0. The first-order valence-corrected chi connectivity index (χ1v) is 6.81. The van der Waals surface area contributed by atoms with Crippen molar-refractivity contribution < 1.29 is 9.59 Å². The van der Waals surface area contributed by atoms with E-state index in [0.717, 1.165) is 24.8 Å². The summed E-state index contributed by atoms with van der Waals surface area (Å²) >= 11 is 0. The SMILES string of the molecule is CC1(NC(=O)C2=C3C=C4CC4=C3C=C2)CCCC1=O. The normalized spacial score (nSPS) is 30.8. The molecule has 3 heteroatoms. The number of fused-ring (bicyclic) bond motifs is 2. The number of hydrogen-bond acceptors (Lipinski definition) is 2. The zero-order chi connectivity index (χ0) is 13.2. The number of ketones is 1. The van der Waals surface area contributed by atoms with Gasteiger partial charge in [0.1, 0.15) is 0 Å². The maximum atomic E-state index is 12.4. The van der Waals surface area contributed by atoms with Gasteiger partial charge in [-0.1, -0.05) is 6.08 Å². The minimum Gasteiger partial charge on any atom is -0.340 e. The number of hydrogen-bond donors (Lipinski definition) is 1. The van der Waals surface area contributed by atoms with E-state index in [1.54, 1.807) is 0 Å². The fraction of sp³-hybridized carbons (Fsp3) is 0.375. The molecule has 0 spiro atoms. The van der Waals surface area contributed by atoms with Crippen molar-refractivity contribution >= 4 is 11.7 Å². The Morgan fingerprint density at radius 2 is 2.16 bits per heavy atom. The quantitative estimate of drug-likeness (QED) is 0.819. The number of carbonyl (C=O) groups is 2. The van der Waals surface area contributed by atoms with Gasteiger partial charge in [-0.05, 0) is 60.6 Å². The van der Waals surface area contributed by atoms with E-state index in [2.05, 4.69) is 11.4 Å². The molecule has 4 aliphatic rings. The third kappa shape index (κ3) is 1.44. The summed E-state index contributed by atoms with van der Waals surface area (Å²) in [4.78, 5) is 24.3. The van der Waals surface area contributed by atoms with Crippen LogP contribution in [0, 0.1) is 0 Å². The molecule has 2 fully saturated rings. The molecule has 4 rings (SSSR count). The standard InChI is InChI=1S/C16H15NO2/c1-16(6-2-3-14(16)18)17-15(19)11-5-4-10-12-7-9(12)8-13(10)11/h4-5,8H,2-3,6-7H2,1H3,(H,17,19). The number of rotatable bonds is 2. The van der Waals surface area contributed by atoms with Crippen LogP contribution in [0.15, 0.2) is 46.1 Å². The lowest BCUT2D eigenvalue weighted by Crippen LogP contribution is -2.49. The first-order valence-electron chi connectivity index (χ1n) is 6.81. The molecule has 1 N–H and O–H groups in total.